The predicted octanol–water partition coefficient (Wildman–Crippen LogP) is 3.56. The van der Waals surface area contributed by atoms with E-state index in [2.05, 4.69) is 34.4 Å². The van der Waals surface area contributed by atoms with Crippen LogP contribution in [0.15, 0.2) is 30.5 Å². The highest BCUT2D eigenvalue weighted by Gasteiger charge is 2.23. The van der Waals surface area contributed by atoms with E-state index in [-0.39, 0.29) is 18.2 Å². The largest absolute Gasteiger partial charge is 0.366 e. The zero-order chi connectivity index (χ0) is 16.9. The predicted molar refractivity (Wildman–Crippen MR) is 101 cm³/mol. The Morgan fingerprint density at radius 1 is 1.16 bits per heavy atom. The van der Waals surface area contributed by atoms with Crippen LogP contribution in [0, 0.1) is 5.82 Å². The summed E-state index contributed by atoms with van der Waals surface area (Å²) in [6, 6.07) is 7.78. The monoisotopic (exact) mass is 367 g/mol. The summed E-state index contributed by atoms with van der Waals surface area (Å²) in [5, 5.41) is 11.6. The lowest BCUT2D eigenvalue weighted by Gasteiger charge is -2.39. The summed E-state index contributed by atoms with van der Waals surface area (Å²) in [7, 11) is 0. The number of hydrogen-bond donors (Lipinski definition) is 1. The van der Waals surface area contributed by atoms with Crippen LogP contribution in [0.25, 0.3) is 0 Å². The van der Waals surface area contributed by atoms with E-state index in [1.165, 1.54) is 31.4 Å². The summed E-state index contributed by atoms with van der Waals surface area (Å²) >= 11 is 0. The third-order valence-corrected chi connectivity index (χ3v) is 4.85. The molecular formula is C18H27ClFN5. The number of aromatic nitrogens is 3. The molecule has 2 unspecified atom stereocenters. The molecule has 0 bridgehead atoms. The van der Waals surface area contributed by atoms with Gasteiger partial charge in [0.2, 0.25) is 0 Å². The van der Waals surface area contributed by atoms with Crippen LogP contribution >= 0.6 is 12.4 Å². The van der Waals surface area contributed by atoms with E-state index in [0.29, 0.717) is 18.6 Å². The summed E-state index contributed by atoms with van der Waals surface area (Å²) < 4.78 is 14.7. The highest BCUT2D eigenvalue weighted by molar-refractivity contribution is 5.85. The van der Waals surface area contributed by atoms with Crippen molar-refractivity contribution >= 4 is 18.2 Å². The van der Waals surface area contributed by atoms with Gasteiger partial charge < -0.3 is 5.32 Å². The van der Waals surface area contributed by atoms with Gasteiger partial charge in [-0.1, -0.05) is 23.8 Å². The Hall–Kier alpha value is -1.66. The van der Waals surface area contributed by atoms with Crippen molar-refractivity contribution in [2.24, 2.45) is 0 Å². The minimum absolute atomic E-state index is 0. The Morgan fingerprint density at radius 3 is 2.52 bits per heavy atom. The van der Waals surface area contributed by atoms with Gasteiger partial charge >= 0.3 is 0 Å². The van der Waals surface area contributed by atoms with Crippen LogP contribution in [0.3, 0.4) is 0 Å². The lowest BCUT2D eigenvalue weighted by Crippen LogP contribution is -2.45. The number of rotatable bonds is 6. The van der Waals surface area contributed by atoms with E-state index in [4.69, 9.17) is 0 Å². The second-order valence-electron chi connectivity index (χ2n) is 6.72. The molecule has 2 atom stereocenters. The number of likely N-dealkylation sites (tertiary alicyclic amines) is 1. The highest BCUT2D eigenvalue weighted by Crippen LogP contribution is 2.21. The molecule has 1 saturated heterocycles. The molecule has 0 spiro atoms. The van der Waals surface area contributed by atoms with Crippen LogP contribution < -0.4 is 5.32 Å². The van der Waals surface area contributed by atoms with E-state index in [0.717, 1.165) is 24.5 Å². The van der Waals surface area contributed by atoms with E-state index in [1.807, 2.05) is 6.20 Å². The van der Waals surface area contributed by atoms with Crippen molar-refractivity contribution in [1.29, 1.82) is 0 Å². The molecular weight excluding hydrogens is 341 g/mol. The molecule has 1 aromatic carbocycles. The molecule has 1 N–H and O–H groups in total. The van der Waals surface area contributed by atoms with Crippen LogP contribution in [-0.2, 0) is 6.54 Å². The van der Waals surface area contributed by atoms with Crippen molar-refractivity contribution in [1.82, 2.24) is 19.9 Å². The summed E-state index contributed by atoms with van der Waals surface area (Å²) in [4.78, 5) is 2.57. The number of halogens is 2. The molecule has 1 fully saturated rings. The van der Waals surface area contributed by atoms with Crippen molar-refractivity contribution in [3.63, 3.8) is 0 Å². The maximum absolute atomic E-state index is 12.9. The molecule has 138 valence electrons. The fourth-order valence-electron chi connectivity index (χ4n) is 3.46. The molecule has 1 aliphatic heterocycles. The molecule has 0 amide bonds. The van der Waals surface area contributed by atoms with E-state index in [9.17, 15) is 4.39 Å². The van der Waals surface area contributed by atoms with Crippen LogP contribution in [0.1, 0.15) is 38.7 Å². The van der Waals surface area contributed by atoms with Gasteiger partial charge in [0.1, 0.15) is 5.82 Å². The van der Waals surface area contributed by atoms with Gasteiger partial charge in [-0.25, -0.2) is 9.07 Å². The number of nitrogens with zero attached hydrogens (tertiary/aromatic N) is 4. The van der Waals surface area contributed by atoms with Crippen LogP contribution in [0.5, 0.6) is 0 Å². The zero-order valence-corrected chi connectivity index (χ0v) is 15.7. The van der Waals surface area contributed by atoms with Gasteiger partial charge in [0.25, 0.3) is 0 Å². The molecule has 1 aromatic heterocycles. The first-order valence-corrected chi connectivity index (χ1v) is 8.76. The highest BCUT2D eigenvalue weighted by atomic mass is 35.5. The van der Waals surface area contributed by atoms with Crippen molar-refractivity contribution < 1.29 is 4.39 Å². The fraction of sp³-hybridized carbons (Fsp3) is 0.556. The Labute approximate surface area is 155 Å². The quantitative estimate of drug-likeness (QED) is 0.847. The molecule has 2 aromatic rings. The molecule has 0 aliphatic carbocycles. The Morgan fingerprint density at radius 2 is 1.84 bits per heavy atom. The number of benzene rings is 1. The van der Waals surface area contributed by atoms with Crippen molar-refractivity contribution in [2.45, 2.75) is 51.7 Å². The first kappa shape index (κ1) is 19.7. The van der Waals surface area contributed by atoms with Gasteiger partial charge in [0, 0.05) is 25.2 Å². The van der Waals surface area contributed by atoms with Crippen LogP contribution in [0.2, 0.25) is 0 Å². The maximum Gasteiger partial charge on any atom is 0.168 e. The zero-order valence-electron chi connectivity index (χ0n) is 14.9. The third kappa shape index (κ3) is 5.41. The average Bonchev–Trinajstić information content (AvgIpc) is 3.00. The molecule has 0 radical (unpaired) electrons. The number of nitrogens with one attached hydrogen (secondary N) is 1. The first-order valence-electron chi connectivity index (χ1n) is 8.76. The fourth-order valence-corrected chi connectivity index (χ4v) is 3.46. The molecule has 2 heterocycles. The summed E-state index contributed by atoms with van der Waals surface area (Å²) in [6.45, 7) is 7.11. The molecule has 0 saturated carbocycles. The smallest absolute Gasteiger partial charge is 0.168 e. The maximum atomic E-state index is 12.9. The third-order valence-electron chi connectivity index (χ3n) is 4.85. The van der Waals surface area contributed by atoms with Gasteiger partial charge in [-0.3, -0.25) is 4.90 Å². The van der Waals surface area contributed by atoms with Crippen molar-refractivity contribution in [3.05, 3.63) is 41.8 Å². The molecule has 3 rings (SSSR count). The molecule has 7 heteroatoms. The van der Waals surface area contributed by atoms with E-state index < -0.39 is 0 Å². The molecule has 5 nitrogen and oxygen atoms in total. The number of piperidine rings is 1. The average molecular weight is 368 g/mol. The van der Waals surface area contributed by atoms with Crippen LogP contribution in [-0.4, -0.2) is 45.1 Å². The van der Waals surface area contributed by atoms with Gasteiger partial charge in [-0.2, -0.15) is 0 Å². The minimum atomic E-state index is -0.221. The van der Waals surface area contributed by atoms with Crippen molar-refractivity contribution in [3.8, 4) is 0 Å². The Kier molecular flexibility index (Phi) is 7.20. The van der Waals surface area contributed by atoms with Gasteiger partial charge in [0.15, 0.2) is 5.82 Å². The topological polar surface area (TPSA) is 46.0 Å². The SMILES string of the molecule is CC1CCCC(C)N1CCNc1cn(Cc2ccc(F)cc2)nn1.Cl. The van der Waals surface area contributed by atoms with Crippen molar-refractivity contribution in [2.75, 3.05) is 18.4 Å². The number of anilines is 1. The van der Waals surface area contributed by atoms with Gasteiger partial charge in [-0.05, 0) is 44.4 Å². The first-order chi connectivity index (χ1) is 11.6. The summed E-state index contributed by atoms with van der Waals surface area (Å²) in [5.41, 5.74) is 1.00. The minimum Gasteiger partial charge on any atom is -0.366 e. The Bertz CT molecular complexity index is 635. The second kappa shape index (κ2) is 9.15. The molecule has 1 aliphatic rings. The van der Waals surface area contributed by atoms with Crippen LogP contribution in [0.4, 0.5) is 10.2 Å². The van der Waals surface area contributed by atoms with E-state index in [1.54, 1.807) is 16.8 Å². The normalized spacial score (nSPS) is 20.9. The molecule has 25 heavy (non-hydrogen) atoms. The van der Waals surface area contributed by atoms with Gasteiger partial charge in [0.05, 0.1) is 12.7 Å². The number of hydrogen-bond acceptors (Lipinski definition) is 4. The second-order valence-corrected chi connectivity index (χ2v) is 6.72. The standard InChI is InChI=1S/C18H26FN5.ClH/c1-14-4-3-5-15(2)24(14)11-10-20-18-13-23(22-21-18)12-16-6-8-17(19)9-7-16;/h6-9,13-15,20H,3-5,10-12H2,1-2H3;1H. The van der Waals surface area contributed by atoms with Gasteiger partial charge in [-0.15, -0.1) is 17.5 Å². The summed E-state index contributed by atoms with van der Waals surface area (Å²) in [5.74, 6) is 0.565. The summed E-state index contributed by atoms with van der Waals surface area (Å²) in [6.07, 6.45) is 5.81. The lowest BCUT2D eigenvalue weighted by atomic mass is 9.98. The Balaban J connectivity index is 0.00000225. The van der Waals surface area contributed by atoms with E-state index >= 15 is 0 Å². The lowest BCUT2D eigenvalue weighted by molar-refractivity contribution is 0.109.